The van der Waals surface area contributed by atoms with Crippen LogP contribution in [0.3, 0.4) is 0 Å². The minimum atomic E-state index is -0.0505. The zero-order chi connectivity index (χ0) is 11.5. The predicted octanol–water partition coefficient (Wildman–Crippen LogP) is 2.05. The van der Waals surface area contributed by atoms with Gasteiger partial charge >= 0.3 is 0 Å². The molecular formula is C11H11N3OS. The van der Waals surface area contributed by atoms with Gasteiger partial charge in [-0.3, -0.25) is 4.79 Å². The molecular weight excluding hydrogens is 222 g/mol. The van der Waals surface area contributed by atoms with E-state index in [0.29, 0.717) is 0 Å². The molecule has 1 amide bonds. The van der Waals surface area contributed by atoms with Gasteiger partial charge in [0.15, 0.2) is 0 Å². The Balaban J connectivity index is 2.23. The molecule has 0 saturated carbocycles. The van der Waals surface area contributed by atoms with Crippen molar-refractivity contribution in [3.05, 3.63) is 18.2 Å². The number of amides is 1. The monoisotopic (exact) mass is 233 g/mol. The van der Waals surface area contributed by atoms with Crippen LogP contribution in [0.4, 0.5) is 11.4 Å². The van der Waals surface area contributed by atoms with E-state index in [1.807, 2.05) is 31.2 Å². The lowest BCUT2D eigenvalue weighted by Gasteiger charge is -2.21. The maximum Gasteiger partial charge on any atom is 0.237 e. The lowest BCUT2D eigenvalue weighted by atomic mass is 10.2. The van der Waals surface area contributed by atoms with E-state index < -0.39 is 0 Å². The Labute approximate surface area is 98.0 Å². The largest absolute Gasteiger partial charge is 0.372 e. The summed E-state index contributed by atoms with van der Waals surface area (Å²) in [5, 5.41) is 14.2. The maximum atomic E-state index is 11.5. The van der Waals surface area contributed by atoms with Gasteiger partial charge in [-0.1, -0.05) is 0 Å². The van der Waals surface area contributed by atoms with Crippen LogP contribution in [-0.2, 0) is 4.79 Å². The van der Waals surface area contributed by atoms with Crippen molar-refractivity contribution in [3.8, 4) is 6.07 Å². The quantitative estimate of drug-likeness (QED) is 0.767. The van der Waals surface area contributed by atoms with Crippen molar-refractivity contribution < 1.29 is 4.79 Å². The molecule has 1 atom stereocenters. The highest BCUT2D eigenvalue weighted by Gasteiger charge is 2.22. The van der Waals surface area contributed by atoms with Crippen LogP contribution < -0.4 is 10.6 Å². The van der Waals surface area contributed by atoms with Crippen molar-refractivity contribution in [3.63, 3.8) is 0 Å². The molecule has 0 aliphatic carbocycles. The van der Waals surface area contributed by atoms with Crippen LogP contribution in [-0.4, -0.2) is 17.7 Å². The second-order valence-corrected chi connectivity index (χ2v) is 4.85. The number of carbonyl (C=O) groups is 1. The maximum absolute atomic E-state index is 11.5. The van der Waals surface area contributed by atoms with Gasteiger partial charge in [-0.15, -0.1) is 11.8 Å². The zero-order valence-electron chi connectivity index (χ0n) is 8.78. The summed E-state index contributed by atoms with van der Waals surface area (Å²) in [6, 6.07) is 7.72. The molecule has 0 fully saturated rings. The fraction of sp³-hybridized carbons (Fsp3) is 0.273. The number of hydrogen-bond donors (Lipinski definition) is 2. The Morgan fingerprint density at radius 2 is 2.44 bits per heavy atom. The average Bonchev–Trinajstić information content (AvgIpc) is 2.28. The van der Waals surface area contributed by atoms with Crippen LogP contribution >= 0.6 is 11.8 Å². The molecule has 1 aliphatic heterocycles. The van der Waals surface area contributed by atoms with E-state index in [1.165, 1.54) is 0 Å². The van der Waals surface area contributed by atoms with Gasteiger partial charge in [0.25, 0.3) is 0 Å². The van der Waals surface area contributed by atoms with Gasteiger partial charge in [-0.2, -0.15) is 5.26 Å². The van der Waals surface area contributed by atoms with E-state index in [4.69, 9.17) is 5.26 Å². The summed E-state index contributed by atoms with van der Waals surface area (Å²) in [5.74, 6) is 0.0231. The van der Waals surface area contributed by atoms with E-state index in [9.17, 15) is 4.79 Å². The van der Waals surface area contributed by atoms with Crippen LogP contribution in [0.1, 0.15) is 6.92 Å². The molecule has 2 N–H and O–H groups in total. The molecule has 4 nitrogen and oxygen atoms in total. The molecule has 1 aliphatic rings. The van der Waals surface area contributed by atoms with Crippen LogP contribution in [0.5, 0.6) is 0 Å². The normalized spacial score (nSPS) is 18.2. The first-order valence-corrected chi connectivity index (χ1v) is 5.81. The standard InChI is InChI=1S/C11H11N3OS/c1-7-11(15)14-9-6-8(13-5-4-12)2-3-10(9)16-7/h2-3,6-7,13H,5H2,1H3,(H,14,15). The molecule has 1 unspecified atom stereocenters. The Hall–Kier alpha value is -1.67. The molecule has 82 valence electrons. The van der Waals surface area contributed by atoms with Crippen molar-refractivity contribution >= 4 is 29.0 Å². The van der Waals surface area contributed by atoms with Crippen LogP contribution in [0.2, 0.25) is 0 Å². The Kier molecular flexibility index (Phi) is 3.02. The Morgan fingerprint density at radius 3 is 3.19 bits per heavy atom. The lowest BCUT2D eigenvalue weighted by Crippen LogP contribution is -2.26. The summed E-state index contributed by atoms with van der Waals surface area (Å²) < 4.78 is 0. The number of thioether (sulfide) groups is 1. The topological polar surface area (TPSA) is 64.9 Å². The number of nitrogens with one attached hydrogen (secondary N) is 2. The van der Waals surface area contributed by atoms with E-state index in [1.54, 1.807) is 11.8 Å². The minimum absolute atomic E-state index is 0.0231. The van der Waals surface area contributed by atoms with Crippen molar-refractivity contribution in [2.75, 3.05) is 17.2 Å². The summed E-state index contributed by atoms with van der Waals surface area (Å²) in [5.41, 5.74) is 1.66. The van der Waals surface area contributed by atoms with Gasteiger partial charge in [0.2, 0.25) is 5.91 Å². The highest BCUT2D eigenvalue weighted by atomic mass is 32.2. The summed E-state index contributed by atoms with van der Waals surface area (Å²) in [7, 11) is 0. The minimum Gasteiger partial charge on any atom is -0.372 e. The molecule has 0 spiro atoms. The number of rotatable bonds is 2. The first-order valence-electron chi connectivity index (χ1n) is 4.93. The van der Waals surface area contributed by atoms with Gasteiger partial charge < -0.3 is 10.6 Å². The second-order valence-electron chi connectivity index (χ2n) is 3.47. The Morgan fingerprint density at radius 1 is 1.62 bits per heavy atom. The average molecular weight is 233 g/mol. The van der Waals surface area contributed by atoms with Crippen molar-refractivity contribution in [1.29, 1.82) is 5.26 Å². The third-order valence-electron chi connectivity index (χ3n) is 2.28. The number of anilines is 2. The third-order valence-corrected chi connectivity index (χ3v) is 3.46. The number of benzene rings is 1. The summed E-state index contributed by atoms with van der Waals surface area (Å²) >= 11 is 1.55. The predicted molar refractivity (Wildman–Crippen MR) is 64.5 cm³/mol. The molecule has 0 saturated heterocycles. The Bertz CT molecular complexity index is 467. The molecule has 5 heteroatoms. The summed E-state index contributed by atoms with van der Waals surface area (Å²) in [4.78, 5) is 12.5. The van der Waals surface area contributed by atoms with Gasteiger partial charge in [-0.05, 0) is 25.1 Å². The highest BCUT2D eigenvalue weighted by molar-refractivity contribution is 8.00. The number of hydrogen-bond acceptors (Lipinski definition) is 4. The highest BCUT2D eigenvalue weighted by Crippen LogP contribution is 2.36. The number of nitriles is 1. The lowest BCUT2D eigenvalue weighted by molar-refractivity contribution is -0.115. The molecule has 0 bridgehead atoms. The van der Waals surface area contributed by atoms with Crippen LogP contribution in [0.25, 0.3) is 0 Å². The number of nitrogens with zero attached hydrogens (tertiary/aromatic N) is 1. The molecule has 16 heavy (non-hydrogen) atoms. The number of fused-ring (bicyclic) bond motifs is 1. The van der Waals surface area contributed by atoms with Crippen LogP contribution in [0, 0.1) is 11.3 Å². The molecule has 1 aromatic carbocycles. The molecule has 2 rings (SSSR count). The summed E-state index contributed by atoms with van der Waals surface area (Å²) in [6.07, 6.45) is 0. The summed E-state index contributed by atoms with van der Waals surface area (Å²) in [6.45, 7) is 2.14. The third kappa shape index (κ3) is 2.12. The van der Waals surface area contributed by atoms with Crippen molar-refractivity contribution in [2.45, 2.75) is 17.1 Å². The molecule has 1 aromatic rings. The molecule has 0 radical (unpaired) electrons. The van der Waals surface area contributed by atoms with Crippen molar-refractivity contribution in [2.24, 2.45) is 0 Å². The first-order chi connectivity index (χ1) is 7.70. The van der Waals surface area contributed by atoms with Crippen molar-refractivity contribution in [1.82, 2.24) is 0 Å². The van der Waals surface area contributed by atoms with E-state index in [2.05, 4.69) is 10.6 Å². The zero-order valence-corrected chi connectivity index (χ0v) is 9.60. The van der Waals surface area contributed by atoms with E-state index in [0.717, 1.165) is 16.3 Å². The fourth-order valence-electron chi connectivity index (χ4n) is 1.46. The number of carbonyl (C=O) groups excluding carboxylic acids is 1. The second kappa shape index (κ2) is 4.45. The van der Waals surface area contributed by atoms with Gasteiger partial charge in [0, 0.05) is 10.6 Å². The van der Waals surface area contributed by atoms with Crippen LogP contribution in [0.15, 0.2) is 23.1 Å². The first kappa shape index (κ1) is 10.8. The van der Waals surface area contributed by atoms with E-state index in [-0.39, 0.29) is 17.7 Å². The molecule has 1 heterocycles. The SMILES string of the molecule is CC1Sc2ccc(NCC#N)cc2NC1=O. The fourth-order valence-corrected chi connectivity index (χ4v) is 2.39. The smallest absolute Gasteiger partial charge is 0.237 e. The van der Waals surface area contributed by atoms with Gasteiger partial charge in [-0.25, -0.2) is 0 Å². The molecule has 0 aromatic heterocycles. The van der Waals surface area contributed by atoms with Gasteiger partial charge in [0.05, 0.1) is 17.0 Å². The van der Waals surface area contributed by atoms with E-state index >= 15 is 0 Å². The van der Waals surface area contributed by atoms with Gasteiger partial charge in [0.1, 0.15) is 6.54 Å².